The third-order valence-electron chi connectivity index (χ3n) is 3.02. The summed E-state index contributed by atoms with van der Waals surface area (Å²) >= 11 is 1.63. The molecule has 8 heteroatoms. The van der Waals surface area contributed by atoms with Crippen LogP contribution in [0.3, 0.4) is 0 Å². The van der Waals surface area contributed by atoms with Crippen LogP contribution in [0.15, 0.2) is 53.7 Å². The number of thioether (sulfide) groups is 1. The average molecular weight is 365 g/mol. The Morgan fingerprint density at radius 3 is 2.50 bits per heavy atom. The van der Waals surface area contributed by atoms with Crippen LogP contribution >= 0.6 is 11.8 Å². The number of nitrogens with one attached hydrogen (secondary N) is 2. The zero-order valence-electron chi connectivity index (χ0n) is 13.2. The lowest BCUT2D eigenvalue weighted by Crippen LogP contribution is -2.34. The molecule has 0 saturated carbocycles. The lowest BCUT2D eigenvalue weighted by Gasteiger charge is -2.07. The van der Waals surface area contributed by atoms with Crippen molar-refractivity contribution < 1.29 is 13.2 Å². The highest BCUT2D eigenvalue weighted by Gasteiger charge is 2.06. The van der Waals surface area contributed by atoms with Crippen molar-refractivity contribution in [1.82, 2.24) is 15.0 Å². The highest BCUT2D eigenvalue weighted by molar-refractivity contribution is 7.98. The van der Waals surface area contributed by atoms with E-state index >= 15 is 0 Å². The molecule has 2 rings (SSSR count). The van der Waals surface area contributed by atoms with Crippen LogP contribution < -0.4 is 10.0 Å². The molecule has 0 spiro atoms. The molecule has 6 nitrogen and oxygen atoms in total. The Kier molecular flexibility index (Phi) is 6.77. The van der Waals surface area contributed by atoms with Gasteiger partial charge in [0.2, 0.25) is 10.0 Å². The van der Waals surface area contributed by atoms with E-state index in [2.05, 4.69) is 15.0 Å². The molecule has 1 amide bonds. The number of rotatable bonds is 8. The number of hydrogen-bond acceptors (Lipinski definition) is 5. The number of sulfonamides is 1. The van der Waals surface area contributed by atoms with Crippen LogP contribution in [0.25, 0.3) is 0 Å². The van der Waals surface area contributed by atoms with Gasteiger partial charge in [-0.15, -0.1) is 11.8 Å². The second-order valence-electron chi connectivity index (χ2n) is 5.08. The van der Waals surface area contributed by atoms with E-state index in [1.54, 1.807) is 30.1 Å². The van der Waals surface area contributed by atoms with Crippen molar-refractivity contribution >= 4 is 27.7 Å². The first kappa shape index (κ1) is 18.4. The molecule has 0 aliphatic heterocycles. The minimum absolute atomic E-state index is 0.170. The number of amides is 1. The van der Waals surface area contributed by atoms with Crippen LogP contribution in [-0.2, 0) is 15.8 Å². The molecule has 0 aliphatic rings. The molecule has 0 unspecified atom stereocenters. The molecular weight excluding hydrogens is 346 g/mol. The van der Waals surface area contributed by atoms with E-state index in [-0.39, 0.29) is 19.0 Å². The van der Waals surface area contributed by atoms with Crippen molar-refractivity contribution in [3.8, 4) is 0 Å². The number of carbonyl (C=O) groups excluding carboxylic acids is 1. The van der Waals surface area contributed by atoms with Gasteiger partial charge in [-0.3, -0.25) is 4.79 Å². The molecular formula is C16H19N3O3S2. The van der Waals surface area contributed by atoms with Gasteiger partial charge in [-0.25, -0.2) is 18.1 Å². The molecule has 0 atom stereocenters. The second kappa shape index (κ2) is 8.81. The summed E-state index contributed by atoms with van der Waals surface area (Å²) in [7, 11) is -3.23. The van der Waals surface area contributed by atoms with Crippen LogP contribution in [0.5, 0.6) is 0 Å². The van der Waals surface area contributed by atoms with E-state index in [0.29, 0.717) is 5.56 Å². The monoisotopic (exact) mass is 365 g/mol. The predicted molar refractivity (Wildman–Crippen MR) is 95.4 cm³/mol. The summed E-state index contributed by atoms with van der Waals surface area (Å²) in [4.78, 5) is 16.2. The molecule has 24 heavy (non-hydrogen) atoms. The lowest BCUT2D eigenvalue weighted by atomic mass is 10.1. The maximum atomic E-state index is 12.0. The number of aromatic nitrogens is 1. The standard InChI is InChI=1S/C16H19N3O3S2/c1-24(21,22)19-11-10-18-16(20)14-7-5-13(6-8-14)12-23-15-4-2-3-9-17-15/h2-9,19H,10-12H2,1H3,(H,18,20). The summed E-state index contributed by atoms with van der Waals surface area (Å²) < 4.78 is 24.2. The van der Waals surface area contributed by atoms with E-state index in [1.807, 2.05) is 30.3 Å². The molecule has 1 aromatic heterocycles. The Balaban J connectivity index is 1.79. The summed E-state index contributed by atoms with van der Waals surface area (Å²) in [5, 5.41) is 3.62. The largest absolute Gasteiger partial charge is 0.351 e. The summed E-state index contributed by atoms with van der Waals surface area (Å²) in [5.74, 6) is 0.547. The Labute approximate surface area is 146 Å². The smallest absolute Gasteiger partial charge is 0.251 e. The second-order valence-corrected chi connectivity index (χ2v) is 7.90. The minimum atomic E-state index is -3.23. The summed E-state index contributed by atoms with van der Waals surface area (Å²) in [6, 6.07) is 13.1. The zero-order chi connectivity index (χ0) is 17.4. The van der Waals surface area contributed by atoms with Crippen LogP contribution in [0.2, 0.25) is 0 Å². The van der Waals surface area contributed by atoms with Crippen molar-refractivity contribution in [1.29, 1.82) is 0 Å². The van der Waals surface area contributed by atoms with E-state index in [0.717, 1.165) is 22.6 Å². The Morgan fingerprint density at radius 1 is 1.12 bits per heavy atom. The quantitative estimate of drug-likeness (QED) is 0.549. The highest BCUT2D eigenvalue weighted by atomic mass is 32.2. The maximum absolute atomic E-state index is 12.0. The SMILES string of the molecule is CS(=O)(=O)NCCNC(=O)c1ccc(CSc2ccccn2)cc1. The molecule has 0 fully saturated rings. The first-order valence-corrected chi connectivity index (χ1v) is 10.2. The zero-order valence-corrected chi connectivity index (χ0v) is 14.9. The number of benzene rings is 1. The third kappa shape index (κ3) is 6.69. The first-order chi connectivity index (χ1) is 11.4. The van der Waals surface area contributed by atoms with Crippen molar-refractivity contribution in [2.45, 2.75) is 10.8 Å². The van der Waals surface area contributed by atoms with E-state index in [9.17, 15) is 13.2 Å². The topological polar surface area (TPSA) is 88.2 Å². The highest BCUT2D eigenvalue weighted by Crippen LogP contribution is 2.20. The number of pyridine rings is 1. The normalized spacial score (nSPS) is 11.2. The Bertz CT molecular complexity index is 763. The molecule has 2 N–H and O–H groups in total. The number of hydrogen-bond donors (Lipinski definition) is 2. The van der Waals surface area contributed by atoms with Gasteiger partial charge in [-0.1, -0.05) is 18.2 Å². The van der Waals surface area contributed by atoms with Crippen LogP contribution in [-0.4, -0.2) is 38.7 Å². The van der Waals surface area contributed by atoms with Crippen LogP contribution in [0.4, 0.5) is 0 Å². The third-order valence-corrected chi connectivity index (χ3v) is 4.76. The Morgan fingerprint density at radius 2 is 1.88 bits per heavy atom. The van der Waals surface area contributed by atoms with Gasteiger partial charge in [0.05, 0.1) is 11.3 Å². The van der Waals surface area contributed by atoms with Gasteiger partial charge in [0, 0.05) is 30.6 Å². The molecule has 1 aromatic carbocycles. The van der Waals surface area contributed by atoms with Gasteiger partial charge < -0.3 is 5.32 Å². The van der Waals surface area contributed by atoms with E-state index in [4.69, 9.17) is 0 Å². The molecule has 2 aromatic rings. The number of carbonyl (C=O) groups is 1. The van der Waals surface area contributed by atoms with Gasteiger partial charge in [-0.05, 0) is 29.8 Å². The fourth-order valence-corrected chi connectivity index (χ4v) is 3.15. The van der Waals surface area contributed by atoms with Gasteiger partial charge in [0.1, 0.15) is 0 Å². The van der Waals surface area contributed by atoms with Gasteiger partial charge in [0.15, 0.2) is 0 Å². The molecule has 0 saturated heterocycles. The average Bonchev–Trinajstić information content (AvgIpc) is 2.57. The van der Waals surface area contributed by atoms with Crippen molar-refractivity contribution in [3.05, 3.63) is 59.8 Å². The first-order valence-electron chi connectivity index (χ1n) is 7.30. The predicted octanol–water partition coefficient (Wildman–Crippen LogP) is 1.65. The number of nitrogens with zero attached hydrogens (tertiary/aromatic N) is 1. The fourth-order valence-electron chi connectivity index (χ4n) is 1.86. The van der Waals surface area contributed by atoms with Crippen LogP contribution in [0.1, 0.15) is 15.9 Å². The van der Waals surface area contributed by atoms with Gasteiger partial charge in [0.25, 0.3) is 5.91 Å². The lowest BCUT2D eigenvalue weighted by molar-refractivity contribution is 0.0954. The van der Waals surface area contributed by atoms with E-state index in [1.165, 1.54) is 0 Å². The van der Waals surface area contributed by atoms with Crippen molar-refractivity contribution in [2.75, 3.05) is 19.3 Å². The minimum Gasteiger partial charge on any atom is -0.351 e. The van der Waals surface area contributed by atoms with Gasteiger partial charge >= 0.3 is 0 Å². The summed E-state index contributed by atoms with van der Waals surface area (Å²) in [5.41, 5.74) is 1.64. The molecule has 1 heterocycles. The molecule has 0 bridgehead atoms. The maximum Gasteiger partial charge on any atom is 0.251 e. The molecule has 128 valence electrons. The fraction of sp³-hybridized carbons (Fsp3) is 0.250. The molecule has 0 radical (unpaired) electrons. The summed E-state index contributed by atoms with van der Waals surface area (Å²) in [6.07, 6.45) is 2.84. The molecule has 0 aliphatic carbocycles. The van der Waals surface area contributed by atoms with Crippen molar-refractivity contribution in [2.24, 2.45) is 0 Å². The van der Waals surface area contributed by atoms with Gasteiger partial charge in [-0.2, -0.15) is 0 Å². The Hall–Kier alpha value is -1.90. The van der Waals surface area contributed by atoms with E-state index < -0.39 is 10.0 Å². The van der Waals surface area contributed by atoms with Crippen LogP contribution in [0, 0.1) is 0 Å². The van der Waals surface area contributed by atoms with Crippen molar-refractivity contribution in [3.63, 3.8) is 0 Å². The summed E-state index contributed by atoms with van der Waals surface area (Å²) in [6.45, 7) is 0.409.